The van der Waals surface area contributed by atoms with E-state index in [0.29, 0.717) is 28.3 Å². The molecule has 7 nitrogen and oxygen atoms in total. The average molecular weight is 434 g/mol. The number of carbonyl (C=O) groups is 2. The van der Waals surface area contributed by atoms with Crippen molar-refractivity contribution in [1.29, 1.82) is 0 Å². The van der Waals surface area contributed by atoms with Crippen molar-refractivity contribution in [2.45, 2.75) is 13.8 Å². The molecule has 0 atom stereocenters. The maximum atomic E-state index is 13.2. The number of hydrazone groups is 1. The van der Waals surface area contributed by atoms with E-state index < -0.39 is 17.6 Å². The summed E-state index contributed by atoms with van der Waals surface area (Å²) < 4.78 is 18.6. The lowest BCUT2D eigenvalue weighted by molar-refractivity contribution is -0.136. The van der Waals surface area contributed by atoms with Crippen molar-refractivity contribution in [1.82, 2.24) is 5.43 Å². The Morgan fingerprint density at radius 2 is 1.72 bits per heavy atom. The highest BCUT2D eigenvalue weighted by atomic mass is 19.1. The molecule has 0 unspecified atom stereocenters. The Morgan fingerprint density at radius 3 is 2.44 bits per heavy atom. The van der Waals surface area contributed by atoms with Crippen LogP contribution < -0.4 is 20.8 Å². The molecule has 3 aromatic rings. The van der Waals surface area contributed by atoms with Crippen molar-refractivity contribution in [3.05, 3.63) is 83.2 Å². The van der Waals surface area contributed by atoms with Gasteiger partial charge < -0.3 is 15.4 Å². The van der Waals surface area contributed by atoms with Gasteiger partial charge in [-0.2, -0.15) is 5.10 Å². The molecular formula is C24H23FN4O3. The number of hydrogen-bond acceptors (Lipinski definition) is 5. The molecule has 0 heterocycles. The summed E-state index contributed by atoms with van der Waals surface area (Å²) in [7, 11) is 1.56. The Hall–Kier alpha value is -4.20. The van der Waals surface area contributed by atoms with Crippen LogP contribution in [0, 0.1) is 19.7 Å². The minimum atomic E-state index is -0.957. The van der Waals surface area contributed by atoms with Crippen LogP contribution in [0.5, 0.6) is 5.75 Å². The highest BCUT2D eigenvalue weighted by Gasteiger charge is 2.15. The van der Waals surface area contributed by atoms with Gasteiger partial charge in [0, 0.05) is 16.9 Å². The van der Waals surface area contributed by atoms with Gasteiger partial charge in [0.05, 0.1) is 19.0 Å². The summed E-state index contributed by atoms with van der Waals surface area (Å²) in [5.41, 5.74) is 6.28. The van der Waals surface area contributed by atoms with Crippen LogP contribution in [0.2, 0.25) is 0 Å². The lowest BCUT2D eigenvalue weighted by atomic mass is 10.1. The normalized spacial score (nSPS) is 10.6. The van der Waals surface area contributed by atoms with E-state index in [4.69, 9.17) is 4.74 Å². The van der Waals surface area contributed by atoms with E-state index >= 15 is 0 Å². The number of hydrogen-bond donors (Lipinski definition) is 3. The standard InChI is InChI=1S/C24H23FN4O3/c1-15-7-4-5-9-19(15)27-22-17(8-6-10-21(22)32-3)14-26-29-24(31)23(30)28-20-12-11-18(25)13-16(20)2/h4-14,27H,1-3H3,(H,28,30)(H,29,31)/b26-14-. The minimum Gasteiger partial charge on any atom is -0.495 e. The van der Waals surface area contributed by atoms with Gasteiger partial charge in [0.15, 0.2) is 0 Å². The second-order valence-corrected chi connectivity index (χ2v) is 6.98. The molecule has 0 bridgehead atoms. The second-order valence-electron chi connectivity index (χ2n) is 6.98. The maximum absolute atomic E-state index is 13.2. The summed E-state index contributed by atoms with van der Waals surface area (Å²) in [6.45, 7) is 3.60. The molecule has 8 heteroatoms. The van der Waals surface area contributed by atoms with Gasteiger partial charge in [-0.3, -0.25) is 9.59 Å². The minimum absolute atomic E-state index is 0.341. The molecule has 0 aliphatic rings. The number of nitrogens with zero attached hydrogens (tertiary/aromatic N) is 1. The SMILES string of the molecule is COc1cccc(/C=N\NC(=O)C(=O)Nc2ccc(F)cc2C)c1Nc1ccccc1C. The van der Waals surface area contributed by atoms with E-state index in [1.165, 1.54) is 24.4 Å². The van der Waals surface area contributed by atoms with Gasteiger partial charge in [0.1, 0.15) is 11.6 Å². The zero-order chi connectivity index (χ0) is 23.1. The highest BCUT2D eigenvalue weighted by molar-refractivity contribution is 6.39. The summed E-state index contributed by atoms with van der Waals surface area (Å²) in [4.78, 5) is 24.2. The zero-order valence-electron chi connectivity index (χ0n) is 17.9. The lowest BCUT2D eigenvalue weighted by Crippen LogP contribution is -2.32. The number of aryl methyl sites for hydroxylation is 2. The number of para-hydroxylation sites is 2. The van der Waals surface area contributed by atoms with Crippen LogP contribution in [0.4, 0.5) is 21.5 Å². The Labute approximate surface area is 185 Å². The first-order valence-corrected chi connectivity index (χ1v) is 9.79. The van der Waals surface area contributed by atoms with Gasteiger partial charge in [-0.15, -0.1) is 0 Å². The number of anilines is 3. The third-order valence-corrected chi connectivity index (χ3v) is 4.70. The third-order valence-electron chi connectivity index (χ3n) is 4.70. The van der Waals surface area contributed by atoms with Crippen molar-refractivity contribution >= 4 is 35.1 Å². The van der Waals surface area contributed by atoms with Gasteiger partial charge in [-0.05, 0) is 55.3 Å². The molecule has 164 valence electrons. The molecule has 3 N–H and O–H groups in total. The number of amides is 2. The first-order valence-electron chi connectivity index (χ1n) is 9.79. The number of benzene rings is 3. The Balaban J connectivity index is 1.72. The fourth-order valence-corrected chi connectivity index (χ4v) is 2.97. The third kappa shape index (κ3) is 5.48. The molecule has 0 aliphatic carbocycles. The average Bonchev–Trinajstić information content (AvgIpc) is 2.77. The molecule has 32 heavy (non-hydrogen) atoms. The van der Waals surface area contributed by atoms with Crippen LogP contribution in [-0.4, -0.2) is 25.1 Å². The second kappa shape index (κ2) is 10.2. The molecule has 3 rings (SSSR count). The molecule has 2 amide bonds. The summed E-state index contributed by atoms with van der Waals surface area (Å²) in [6, 6.07) is 17.0. The summed E-state index contributed by atoms with van der Waals surface area (Å²) in [5, 5.41) is 9.66. The molecule has 0 aromatic heterocycles. The van der Waals surface area contributed by atoms with Gasteiger partial charge >= 0.3 is 11.8 Å². The highest BCUT2D eigenvalue weighted by Crippen LogP contribution is 2.31. The quantitative estimate of drug-likeness (QED) is 0.307. The first-order chi connectivity index (χ1) is 15.4. The van der Waals surface area contributed by atoms with Crippen molar-refractivity contribution in [3.8, 4) is 5.75 Å². The predicted octanol–water partition coefficient (Wildman–Crippen LogP) is 4.28. The summed E-state index contributed by atoms with van der Waals surface area (Å²) in [5.74, 6) is -1.71. The van der Waals surface area contributed by atoms with Crippen molar-refractivity contribution in [3.63, 3.8) is 0 Å². The van der Waals surface area contributed by atoms with E-state index in [9.17, 15) is 14.0 Å². The number of ether oxygens (including phenoxy) is 1. The van der Waals surface area contributed by atoms with Crippen molar-refractivity contribution in [2.75, 3.05) is 17.7 Å². The van der Waals surface area contributed by atoms with E-state index in [1.54, 1.807) is 32.2 Å². The van der Waals surface area contributed by atoms with Crippen LogP contribution in [0.3, 0.4) is 0 Å². The van der Waals surface area contributed by atoms with E-state index in [1.807, 2.05) is 31.2 Å². The zero-order valence-corrected chi connectivity index (χ0v) is 17.9. The van der Waals surface area contributed by atoms with Crippen LogP contribution in [-0.2, 0) is 9.59 Å². The topological polar surface area (TPSA) is 91.8 Å². The number of nitrogens with one attached hydrogen (secondary N) is 3. The summed E-state index contributed by atoms with van der Waals surface area (Å²) in [6.07, 6.45) is 1.41. The van der Waals surface area contributed by atoms with E-state index in [-0.39, 0.29) is 0 Å². The number of halogens is 1. The number of rotatable bonds is 6. The first kappa shape index (κ1) is 22.5. The van der Waals surface area contributed by atoms with Gasteiger partial charge in [0.25, 0.3) is 0 Å². The monoisotopic (exact) mass is 434 g/mol. The van der Waals surface area contributed by atoms with E-state index in [2.05, 4.69) is 21.2 Å². The molecule has 0 fully saturated rings. The fourth-order valence-electron chi connectivity index (χ4n) is 2.97. The molecule has 0 radical (unpaired) electrons. The Morgan fingerprint density at radius 1 is 0.938 bits per heavy atom. The molecular weight excluding hydrogens is 411 g/mol. The lowest BCUT2D eigenvalue weighted by Gasteiger charge is -2.15. The Bertz CT molecular complexity index is 1180. The van der Waals surface area contributed by atoms with Crippen molar-refractivity contribution < 1.29 is 18.7 Å². The molecule has 0 saturated heterocycles. The van der Waals surface area contributed by atoms with Crippen LogP contribution in [0.15, 0.2) is 65.8 Å². The van der Waals surface area contributed by atoms with Crippen molar-refractivity contribution in [2.24, 2.45) is 5.10 Å². The fraction of sp³-hybridized carbons (Fsp3) is 0.125. The van der Waals surface area contributed by atoms with E-state index in [0.717, 1.165) is 11.3 Å². The van der Waals surface area contributed by atoms with Crippen LogP contribution in [0.1, 0.15) is 16.7 Å². The Kier molecular flexibility index (Phi) is 7.17. The number of methoxy groups -OCH3 is 1. The number of carbonyl (C=O) groups excluding carboxylic acids is 2. The largest absolute Gasteiger partial charge is 0.495 e. The van der Waals surface area contributed by atoms with Crippen LogP contribution in [0.25, 0.3) is 0 Å². The smallest absolute Gasteiger partial charge is 0.329 e. The molecule has 0 saturated carbocycles. The molecule has 0 aliphatic heterocycles. The van der Waals surface area contributed by atoms with Gasteiger partial charge in [-0.1, -0.05) is 30.3 Å². The van der Waals surface area contributed by atoms with Gasteiger partial charge in [0.2, 0.25) is 0 Å². The maximum Gasteiger partial charge on any atom is 0.329 e. The molecule has 0 spiro atoms. The summed E-state index contributed by atoms with van der Waals surface area (Å²) >= 11 is 0. The molecule has 3 aromatic carbocycles. The van der Waals surface area contributed by atoms with Crippen LogP contribution >= 0.6 is 0 Å². The van der Waals surface area contributed by atoms with Gasteiger partial charge in [-0.25, -0.2) is 9.82 Å². The predicted molar refractivity (Wildman–Crippen MR) is 123 cm³/mol.